The highest BCUT2D eigenvalue weighted by Crippen LogP contribution is 2.27. The molecular formula is C19H18N4OS. The van der Waals surface area contributed by atoms with Gasteiger partial charge < -0.3 is 4.57 Å². The zero-order valence-electron chi connectivity index (χ0n) is 14.4. The summed E-state index contributed by atoms with van der Waals surface area (Å²) in [6, 6.07) is 14.2. The van der Waals surface area contributed by atoms with Crippen LogP contribution in [0.15, 0.2) is 47.5 Å². The molecule has 0 spiro atoms. The molecular weight excluding hydrogens is 332 g/mol. The second-order valence-corrected chi connectivity index (χ2v) is 6.96. The molecule has 0 unspecified atom stereocenters. The van der Waals surface area contributed by atoms with Crippen molar-refractivity contribution < 1.29 is 4.79 Å². The van der Waals surface area contributed by atoms with Crippen LogP contribution in [0.5, 0.6) is 0 Å². The summed E-state index contributed by atoms with van der Waals surface area (Å²) in [6.07, 6.45) is 0. The lowest BCUT2D eigenvalue weighted by atomic mass is 10.1. The molecule has 0 saturated carbocycles. The van der Waals surface area contributed by atoms with Gasteiger partial charge in [-0.15, -0.1) is 0 Å². The smallest absolute Gasteiger partial charge is 0.300 e. The van der Waals surface area contributed by atoms with E-state index in [0.29, 0.717) is 10.5 Å². The zero-order valence-corrected chi connectivity index (χ0v) is 15.2. The van der Waals surface area contributed by atoms with Crippen molar-refractivity contribution in [1.82, 2.24) is 14.3 Å². The van der Waals surface area contributed by atoms with Crippen LogP contribution in [0.4, 0.5) is 0 Å². The molecule has 25 heavy (non-hydrogen) atoms. The molecule has 0 aliphatic carbocycles. The first-order valence-electron chi connectivity index (χ1n) is 8.19. The van der Waals surface area contributed by atoms with Gasteiger partial charge in [-0.05, 0) is 31.4 Å². The van der Waals surface area contributed by atoms with Gasteiger partial charge in [0, 0.05) is 24.7 Å². The number of fused-ring (bicyclic) bond motifs is 3. The van der Waals surface area contributed by atoms with Gasteiger partial charge >= 0.3 is 0 Å². The molecule has 6 heteroatoms. The van der Waals surface area contributed by atoms with Gasteiger partial charge in [-0.1, -0.05) is 41.7 Å². The highest BCUT2D eigenvalue weighted by atomic mass is 32.1. The Kier molecular flexibility index (Phi) is 3.77. The third-order valence-corrected chi connectivity index (χ3v) is 5.58. The molecule has 0 bridgehead atoms. The third-order valence-electron chi connectivity index (χ3n) is 4.40. The fourth-order valence-electron chi connectivity index (χ4n) is 3.04. The number of aromatic nitrogens is 3. The molecule has 0 atom stereocenters. The Morgan fingerprint density at radius 2 is 2.04 bits per heavy atom. The molecule has 0 aliphatic rings. The van der Waals surface area contributed by atoms with Crippen LogP contribution in [-0.2, 0) is 13.6 Å². The second-order valence-electron chi connectivity index (χ2n) is 5.98. The first-order valence-corrected chi connectivity index (χ1v) is 9.01. The van der Waals surface area contributed by atoms with Crippen LogP contribution >= 0.6 is 11.3 Å². The SMILES string of the molecule is CCn1nc(C(=O)N=c2sc3c4ccccc4ccc3n2C)cc1C. The van der Waals surface area contributed by atoms with Gasteiger partial charge in [0.2, 0.25) is 0 Å². The van der Waals surface area contributed by atoms with E-state index in [0.717, 1.165) is 22.5 Å². The van der Waals surface area contributed by atoms with Crippen LogP contribution in [-0.4, -0.2) is 20.3 Å². The summed E-state index contributed by atoms with van der Waals surface area (Å²) in [4.78, 5) is 17.5. The van der Waals surface area contributed by atoms with Gasteiger partial charge in [-0.25, -0.2) is 0 Å². The molecule has 5 nitrogen and oxygen atoms in total. The predicted octanol–water partition coefficient (Wildman–Crippen LogP) is 3.66. The van der Waals surface area contributed by atoms with Crippen molar-refractivity contribution in [2.45, 2.75) is 20.4 Å². The molecule has 126 valence electrons. The standard InChI is InChI=1S/C19H18N4OS/c1-4-23-12(2)11-15(21-23)18(24)20-19-22(3)16-10-9-13-7-5-6-8-14(13)17(16)25-19/h5-11H,4H2,1-3H3. The number of thiazole rings is 1. The van der Waals surface area contributed by atoms with Crippen LogP contribution in [0.2, 0.25) is 0 Å². The molecule has 0 saturated heterocycles. The second kappa shape index (κ2) is 5.97. The van der Waals surface area contributed by atoms with E-state index in [-0.39, 0.29) is 5.91 Å². The summed E-state index contributed by atoms with van der Waals surface area (Å²) in [6.45, 7) is 4.68. The van der Waals surface area contributed by atoms with Crippen molar-refractivity contribution in [1.29, 1.82) is 0 Å². The minimum absolute atomic E-state index is 0.304. The Bertz CT molecular complexity index is 1180. The Morgan fingerprint density at radius 1 is 1.24 bits per heavy atom. The highest BCUT2D eigenvalue weighted by Gasteiger charge is 2.13. The normalized spacial score (nSPS) is 12.4. The summed E-state index contributed by atoms with van der Waals surface area (Å²) >= 11 is 1.53. The number of hydrogen-bond donors (Lipinski definition) is 0. The Morgan fingerprint density at radius 3 is 2.80 bits per heavy atom. The Labute approximate surface area is 148 Å². The summed E-state index contributed by atoms with van der Waals surface area (Å²) in [5.41, 5.74) is 2.43. The highest BCUT2D eigenvalue weighted by molar-refractivity contribution is 7.17. The minimum Gasteiger partial charge on any atom is -0.319 e. The molecule has 4 aromatic rings. The number of carbonyl (C=O) groups excluding carboxylic acids is 1. The number of rotatable bonds is 2. The molecule has 4 rings (SSSR count). The molecule has 0 radical (unpaired) electrons. The van der Waals surface area contributed by atoms with Crippen LogP contribution in [0, 0.1) is 6.92 Å². The maximum atomic E-state index is 12.5. The lowest BCUT2D eigenvalue weighted by Gasteiger charge is -1.99. The van der Waals surface area contributed by atoms with Crippen molar-refractivity contribution in [3.63, 3.8) is 0 Å². The first-order chi connectivity index (χ1) is 12.1. The topological polar surface area (TPSA) is 52.2 Å². The first kappa shape index (κ1) is 15.8. The lowest BCUT2D eigenvalue weighted by Crippen LogP contribution is -2.13. The van der Waals surface area contributed by atoms with Gasteiger partial charge in [-0.2, -0.15) is 10.1 Å². The van der Waals surface area contributed by atoms with Crippen LogP contribution < -0.4 is 4.80 Å². The number of aryl methyl sites for hydroxylation is 3. The van der Waals surface area contributed by atoms with Crippen LogP contribution in [0.1, 0.15) is 23.1 Å². The van der Waals surface area contributed by atoms with E-state index in [2.05, 4.69) is 34.4 Å². The molecule has 1 amide bonds. The van der Waals surface area contributed by atoms with Crippen molar-refractivity contribution in [2.24, 2.45) is 12.0 Å². The van der Waals surface area contributed by atoms with E-state index in [9.17, 15) is 4.79 Å². The van der Waals surface area contributed by atoms with E-state index >= 15 is 0 Å². The maximum absolute atomic E-state index is 12.5. The molecule has 2 aromatic heterocycles. The lowest BCUT2D eigenvalue weighted by molar-refractivity contribution is 0.0992. The fraction of sp³-hybridized carbons (Fsp3) is 0.211. The van der Waals surface area contributed by atoms with E-state index < -0.39 is 0 Å². The van der Waals surface area contributed by atoms with Crippen molar-refractivity contribution in [2.75, 3.05) is 0 Å². The van der Waals surface area contributed by atoms with Gasteiger partial charge in [0.25, 0.3) is 5.91 Å². The Balaban J connectivity index is 1.88. The van der Waals surface area contributed by atoms with Gasteiger partial charge in [0.05, 0.1) is 10.2 Å². The number of nitrogens with zero attached hydrogens (tertiary/aromatic N) is 4. The van der Waals surface area contributed by atoms with Crippen molar-refractivity contribution in [3.8, 4) is 0 Å². The summed E-state index contributed by atoms with van der Waals surface area (Å²) in [7, 11) is 1.94. The van der Waals surface area contributed by atoms with E-state index in [1.54, 1.807) is 10.7 Å². The Hall–Kier alpha value is -2.73. The summed E-state index contributed by atoms with van der Waals surface area (Å²) in [5.74, 6) is -0.304. The monoisotopic (exact) mass is 350 g/mol. The third kappa shape index (κ3) is 2.59. The molecule has 0 fully saturated rings. The minimum atomic E-state index is -0.304. The quantitative estimate of drug-likeness (QED) is 0.554. The van der Waals surface area contributed by atoms with E-state index in [1.165, 1.54) is 22.1 Å². The number of hydrogen-bond acceptors (Lipinski definition) is 3. The molecule has 2 aromatic carbocycles. The van der Waals surface area contributed by atoms with E-state index in [4.69, 9.17) is 0 Å². The molecule has 2 heterocycles. The number of amides is 1. The van der Waals surface area contributed by atoms with Crippen molar-refractivity contribution >= 4 is 38.2 Å². The van der Waals surface area contributed by atoms with E-state index in [1.807, 2.05) is 37.6 Å². The maximum Gasteiger partial charge on any atom is 0.300 e. The van der Waals surface area contributed by atoms with Crippen LogP contribution in [0.25, 0.3) is 21.0 Å². The van der Waals surface area contributed by atoms with Gasteiger partial charge in [0.1, 0.15) is 0 Å². The largest absolute Gasteiger partial charge is 0.319 e. The summed E-state index contributed by atoms with van der Waals surface area (Å²) in [5, 5.41) is 6.69. The van der Waals surface area contributed by atoms with Gasteiger partial charge in [-0.3, -0.25) is 9.48 Å². The fourth-order valence-corrected chi connectivity index (χ4v) is 4.19. The number of benzene rings is 2. The van der Waals surface area contributed by atoms with Gasteiger partial charge in [0.15, 0.2) is 10.5 Å². The molecule has 0 aliphatic heterocycles. The molecule has 0 N–H and O–H groups in total. The zero-order chi connectivity index (χ0) is 17.6. The number of carbonyl (C=O) groups is 1. The average Bonchev–Trinajstić information content (AvgIpc) is 3.15. The van der Waals surface area contributed by atoms with Crippen LogP contribution in [0.3, 0.4) is 0 Å². The average molecular weight is 350 g/mol. The summed E-state index contributed by atoms with van der Waals surface area (Å²) < 4.78 is 4.91. The predicted molar refractivity (Wildman–Crippen MR) is 101 cm³/mol. The van der Waals surface area contributed by atoms with Crippen molar-refractivity contribution in [3.05, 3.63) is 58.7 Å².